The Hall–Kier alpha value is -2.04. The van der Waals surface area contributed by atoms with Crippen molar-refractivity contribution < 1.29 is 9.59 Å². The number of hydrogen-bond acceptors (Lipinski definition) is 2. The van der Waals surface area contributed by atoms with Crippen molar-refractivity contribution in [1.82, 2.24) is 5.32 Å². The Morgan fingerprint density at radius 1 is 1.05 bits per heavy atom. The molecule has 0 atom stereocenters. The van der Waals surface area contributed by atoms with Gasteiger partial charge in [-0.2, -0.15) is 0 Å². The third kappa shape index (κ3) is 3.98. The molecule has 1 aromatic rings. The van der Waals surface area contributed by atoms with E-state index in [2.05, 4.69) is 10.6 Å². The van der Waals surface area contributed by atoms with Crippen LogP contribution in [0.2, 0.25) is 0 Å². The average Bonchev–Trinajstić information content (AvgIpc) is 2.40. The average molecular weight is 261 g/mol. The summed E-state index contributed by atoms with van der Waals surface area (Å²) in [5.74, 6) is -0.474. The lowest BCUT2D eigenvalue weighted by Gasteiger charge is -2.22. The molecule has 102 valence electrons. The van der Waals surface area contributed by atoms with Crippen molar-refractivity contribution in [2.45, 2.75) is 38.1 Å². The van der Waals surface area contributed by atoms with E-state index >= 15 is 0 Å². The van der Waals surface area contributed by atoms with Crippen LogP contribution in [0, 0.1) is 0 Å². The minimum Gasteiger partial charge on any atom is -0.366 e. The van der Waals surface area contributed by atoms with E-state index in [1.54, 1.807) is 24.3 Å². The van der Waals surface area contributed by atoms with Crippen molar-refractivity contribution in [3.05, 3.63) is 29.8 Å². The third-order valence-electron chi connectivity index (χ3n) is 3.37. The molecule has 1 aliphatic carbocycles. The van der Waals surface area contributed by atoms with E-state index in [9.17, 15) is 9.59 Å². The molecule has 1 aromatic carbocycles. The predicted molar refractivity (Wildman–Crippen MR) is 74.0 cm³/mol. The fourth-order valence-corrected chi connectivity index (χ4v) is 2.32. The minimum absolute atomic E-state index is 0.196. The summed E-state index contributed by atoms with van der Waals surface area (Å²) in [4.78, 5) is 22.7. The first-order valence-corrected chi connectivity index (χ1v) is 6.62. The maximum absolute atomic E-state index is 11.8. The molecule has 1 aliphatic rings. The maximum atomic E-state index is 11.8. The Bertz CT molecular complexity index is 450. The lowest BCUT2D eigenvalue weighted by atomic mass is 9.96. The molecule has 0 aromatic heterocycles. The van der Waals surface area contributed by atoms with Gasteiger partial charge in [0, 0.05) is 17.3 Å². The van der Waals surface area contributed by atoms with Gasteiger partial charge in [0.25, 0.3) is 0 Å². The first-order chi connectivity index (χ1) is 9.15. The van der Waals surface area contributed by atoms with Gasteiger partial charge in [-0.1, -0.05) is 19.3 Å². The second-order valence-electron chi connectivity index (χ2n) is 4.87. The Morgan fingerprint density at radius 2 is 1.68 bits per heavy atom. The number of nitrogens with two attached hydrogens (primary N) is 1. The number of carbonyl (C=O) groups excluding carboxylic acids is 2. The molecule has 5 nitrogen and oxygen atoms in total. The molecule has 5 heteroatoms. The van der Waals surface area contributed by atoms with Gasteiger partial charge in [-0.05, 0) is 37.1 Å². The van der Waals surface area contributed by atoms with Gasteiger partial charge in [-0.3, -0.25) is 4.79 Å². The van der Waals surface area contributed by atoms with E-state index in [-0.39, 0.29) is 12.1 Å². The summed E-state index contributed by atoms with van der Waals surface area (Å²) in [7, 11) is 0. The summed E-state index contributed by atoms with van der Waals surface area (Å²) >= 11 is 0. The van der Waals surface area contributed by atoms with Crippen LogP contribution in [0.3, 0.4) is 0 Å². The van der Waals surface area contributed by atoms with Crippen LogP contribution in [0.5, 0.6) is 0 Å². The zero-order chi connectivity index (χ0) is 13.7. The molecular weight excluding hydrogens is 242 g/mol. The fraction of sp³-hybridized carbons (Fsp3) is 0.429. The Balaban J connectivity index is 1.85. The SMILES string of the molecule is NC(=O)c1ccc(NC(=O)NC2CCCCC2)cc1. The standard InChI is InChI=1S/C14H19N3O2/c15-13(18)10-6-8-12(9-7-10)17-14(19)16-11-4-2-1-3-5-11/h6-9,11H,1-5H2,(H2,15,18)(H2,16,17,19). The van der Waals surface area contributed by atoms with Crippen molar-refractivity contribution in [3.8, 4) is 0 Å². The van der Waals surface area contributed by atoms with Gasteiger partial charge in [0.05, 0.1) is 0 Å². The van der Waals surface area contributed by atoms with Crippen molar-refractivity contribution in [1.29, 1.82) is 0 Å². The summed E-state index contributed by atoms with van der Waals surface area (Å²) in [5, 5.41) is 5.72. The maximum Gasteiger partial charge on any atom is 0.319 e. The minimum atomic E-state index is -0.474. The van der Waals surface area contributed by atoms with Gasteiger partial charge in [0.2, 0.25) is 5.91 Å². The Labute approximate surface area is 112 Å². The summed E-state index contributed by atoms with van der Waals surface area (Å²) in [6.07, 6.45) is 5.72. The molecule has 0 unspecified atom stereocenters. The van der Waals surface area contributed by atoms with E-state index in [0.717, 1.165) is 12.8 Å². The molecule has 19 heavy (non-hydrogen) atoms. The summed E-state index contributed by atoms with van der Waals surface area (Å²) in [6.45, 7) is 0. The van der Waals surface area contributed by atoms with Crippen LogP contribution in [-0.2, 0) is 0 Å². The molecule has 0 bridgehead atoms. The van der Waals surface area contributed by atoms with Crippen molar-refractivity contribution in [3.63, 3.8) is 0 Å². The summed E-state index contributed by atoms with van der Waals surface area (Å²) < 4.78 is 0. The molecule has 3 amide bonds. The number of carbonyl (C=O) groups is 2. The van der Waals surface area contributed by atoms with Gasteiger partial charge in [-0.25, -0.2) is 4.79 Å². The number of primary amides is 1. The van der Waals surface area contributed by atoms with Crippen LogP contribution in [0.4, 0.5) is 10.5 Å². The molecule has 2 rings (SSSR count). The van der Waals surface area contributed by atoms with Crippen molar-refractivity contribution >= 4 is 17.6 Å². The topological polar surface area (TPSA) is 84.2 Å². The highest BCUT2D eigenvalue weighted by molar-refractivity contribution is 5.94. The predicted octanol–water partition coefficient (Wildman–Crippen LogP) is 2.24. The number of anilines is 1. The third-order valence-corrected chi connectivity index (χ3v) is 3.37. The molecule has 0 radical (unpaired) electrons. The summed E-state index contributed by atoms with van der Waals surface area (Å²) in [6, 6.07) is 6.61. The first-order valence-electron chi connectivity index (χ1n) is 6.62. The van der Waals surface area contributed by atoms with E-state index in [1.165, 1.54) is 19.3 Å². The first kappa shape index (κ1) is 13.4. The number of rotatable bonds is 3. The quantitative estimate of drug-likeness (QED) is 0.779. The number of urea groups is 1. The monoisotopic (exact) mass is 261 g/mol. The lowest BCUT2D eigenvalue weighted by Crippen LogP contribution is -2.39. The normalized spacial score (nSPS) is 15.8. The molecule has 0 aliphatic heterocycles. The Kier molecular flexibility index (Phi) is 4.39. The second kappa shape index (κ2) is 6.22. The van der Waals surface area contributed by atoms with Gasteiger partial charge >= 0.3 is 6.03 Å². The molecule has 4 N–H and O–H groups in total. The van der Waals surface area contributed by atoms with Crippen LogP contribution in [0.15, 0.2) is 24.3 Å². The molecule has 0 heterocycles. The van der Waals surface area contributed by atoms with Gasteiger partial charge < -0.3 is 16.4 Å². The zero-order valence-electron chi connectivity index (χ0n) is 10.8. The highest BCUT2D eigenvalue weighted by atomic mass is 16.2. The van der Waals surface area contributed by atoms with Gasteiger partial charge in [0.1, 0.15) is 0 Å². The number of benzene rings is 1. The van der Waals surface area contributed by atoms with Gasteiger partial charge in [-0.15, -0.1) is 0 Å². The number of nitrogens with one attached hydrogen (secondary N) is 2. The summed E-state index contributed by atoms with van der Waals surface area (Å²) in [5.41, 5.74) is 6.23. The highest BCUT2D eigenvalue weighted by Crippen LogP contribution is 2.17. The largest absolute Gasteiger partial charge is 0.366 e. The smallest absolute Gasteiger partial charge is 0.319 e. The van der Waals surface area contributed by atoms with Crippen LogP contribution >= 0.6 is 0 Å². The fourth-order valence-electron chi connectivity index (χ4n) is 2.32. The van der Waals surface area contributed by atoms with E-state index < -0.39 is 5.91 Å². The van der Waals surface area contributed by atoms with Crippen LogP contribution in [0.1, 0.15) is 42.5 Å². The van der Waals surface area contributed by atoms with Crippen molar-refractivity contribution in [2.75, 3.05) is 5.32 Å². The van der Waals surface area contributed by atoms with Crippen LogP contribution in [0.25, 0.3) is 0 Å². The molecule has 0 spiro atoms. The van der Waals surface area contributed by atoms with Gasteiger partial charge in [0.15, 0.2) is 0 Å². The van der Waals surface area contributed by atoms with Crippen LogP contribution in [-0.4, -0.2) is 18.0 Å². The lowest BCUT2D eigenvalue weighted by molar-refractivity contribution is 0.100. The van der Waals surface area contributed by atoms with Crippen LogP contribution < -0.4 is 16.4 Å². The number of amides is 3. The van der Waals surface area contributed by atoms with E-state index in [1.807, 2.05) is 0 Å². The molecule has 1 fully saturated rings. The van der Waals surface area contributed by atoms with E-state index in [4.69, 9.17) is 5.73 Å². The number of hydrogen-bond donors (Lipinski definition) is 3. The van der Waals surface area contributed by atoms with E-state index in [0.29, 0.717) is 11.3 Å². The Morgan fingerprint density at radius 3 is 2.26 bits per heavy atom. The molecule has 0 saturated heterocycles. The second-order valence-corrected chi connectivity index (χ2v) is 4.87. The molecule has 1 saturated carbocycles. The van der Waals surface area contributed by atoms with Crippen molar-refractivity contribution in [2.24, 2.45) is 5.73 Å². The molecular formula is C14H19N3O2. The zero-order valence-corrected chi connectivity index (χ0v) is 10.8. The highest BCUT2D eigenvalue weighted by Gasteiger charge is 2.15.